The SMILES string of the molecule is COc1cccc(OCCCN2CCN(C)CC2)c1. The van der Waals surface area contributed by atoms with Gasteiger partial charge in [-0.1, -0.05) is 6.07 Å². The van der Waals surface area contributed by atoms with Crippen LogP contribution in [0.1, 0.15) is 6.42 Å². The third-order valence-electron chi connectivity index (χ3n) is 3.52. The smallest absolute Gasteiger partial charge is 0.122 e. The Morgan fingerprint density at radius 2 is 1.84 bits per heavy atom. The summed E-state index contributed by atoms with van der Waals surface area (Å²) in [5, 5.41) is 0. The Morgan fingerprint density at radius 3 is 2.58 bits per heavy atom. The van der Waals surface area contributed by atoms with Crippen molar-refractivity contribution in [1.29, 1.82) is 0 Å². The highest BCUT2D eigenvalue weighted by molar-refractivity contribution is 5.32. The van der Waals surface area contributed by atoms with E-state index in [2.05, 4.69) is 16.8 Å². The average Bonchev–Trinajstić information content (AvgIpc) is 2.46. The van der Waals surface area contributed by atoms with Crippen LogP contribution in [0.3, 0.4) is 0 Å². The lowest BCUT2D eigenvalue weighted by Crippen LogP contribution is -2.44. The van der Waals surface area contributed by atoms with Crippen molar-refractivity contribution in [2.75, 3.05) is 53.5 Å². The molecule has 4 nitrogen and oxygen atoms in total. The minimum absolute atomic E-state index is 0.763. The molecule has 1 aliphatic rings. The molecule has 1 aromatic carbocycles. The Bertz CT molecular complexity index is 376. The number of nitrogens with zero attached hydrogens (tertiary/aromatic N) is 2. The maximum atomic E-state index is 5.74. The molecule has 2 rings (SSSR count). The van der Waals surface area contributed by atoms with Crippen LogP contribution in [0.4, 0.5) is 0 Å². The first kappa shape index (κ1) is 14.2. The Balaban J connectivity index is 1.63. The maximum absolute atomic E-state index is 5.74. The quantitative estimate of drug-likeness (QED) is 0.730. The molecule has 0 radical (unpaired) electrons. The molecule has 0 atom stereocenters. The van der Waals surface area contributed by atoms with E-state index in [9.17, 15) is 0 Å². The van der Waals surface area contributed by atoms with Crippen LogP contribution in [0, 0.1) is 0 Å². The van der Waals surface area contributed by atoms with Crippen LogP contribution in [0.5, 0.6) is 11.5 Å². The van der Waals surface area contributed by atoms with E-state index < -0.39 is 0 Å². The summed E-state index contributed by atoms with van der Waals surface area (Å²) in [6.07, 6.45) is 1.07. The monoisotopic (exact) mass is 264 g/mol. The van der Waals surface area contributed by atoms with Crippen LogP contribution in [-0.2, 0) is 0 Å². The van der Waals surface area contributed by atoms with Crippen LogP contribution in [-0.4, -0.2) is 63.3 Å². The van der Waals surface area contributed by atoms with Gasteiger partial charge in [0.05, 0.1) is 13.7 Å². The second kappa shape index (κ2) is 7.36. The first-order chi connectivity index (χ1) is 9.28. The van der Waals surface area contributed by atoms with E-state index >= 15 is 0 Å². The molecule has 1 heterocycles. The molecule has 0 amide bonds. The summed E-state index contributed by atoms with van der Waals surface area (Å²) in [5.74, 6) is 1.73. The normalized spacial score (nSPS) is 17.4. The number of hydrogen-bond acceptors (Lipinski definition) is 4. The second-order valence-electron chi connectivity index (χ2n) is 5.03. The highest BCUT2D eigenvalue weighted by Crippen LogP contribution is 2.18. The third-order valence-corrected chi connectivity index (χ3v) is 3.52. The van der Waals surface area contributed by atoms with E-state index in [-0.39, 0.29) is 0 Å². The van der Waals surface area contributed by atoms with Crippen LogP contribution in [0.25, 0.3) is 0 Å². The van der Waals surface area contributed by atoms with Crippen molar-refractivity contribution >= 4 is 0 Å². The van der Waals surface area contributed by atoms with E-state index in [1.165, 1.54) is 26.2 Å². The zero-order chi connectivity index (χ0) is 13.5. The van der Waals surface area contributed by atoms with E-state index in [0.29, 0.717) is 0 Å². The van der Waals surface area contributed by atoms with Gasteiger partial charge in [-0.25, -0.2) is 0 Å². The molecule has 1 saturated heterocycles. The fraction of sp³-hybridized carbons (Fsp3) is 0.600. The van der Waals surface area contributed by atoms with Gasteiger partial charge in [0.25, 0.3) is 0 Å². The molecular formula is C15H24N2O2. The highest BCUT2D eigenvalue weighted by atomic mass is 16.5. The van der Waals surface area contributed by atoms with Crippen molar-refractivity contribution in [3.8, 4) is 11.5 Å². The largest absolute Gasteiger partial charge is 0.497 e. The van der Waals surface area contributed by atoms with Gasteiger partial charge in [0.2, 0.25) is 0 Å². The Kier molecular flexibility index (Phi) is 5.48. The molecule has 4 heteroatoms. The third kappa shape index (κ3) is 4.73. The summed E-state index contributed by atoms with van der Waals surface area (Å²) < 4.78 is 10.9. The minimum Gasteiger partial charge on any atom is -0.497 e. The van der Waals surface area contributed by atoms with Crippen LogP contribution < -0.4 is 9.47 Å². The van der Waals surface area contributed by atoms with E-state index in [0.717, 1.165) is 31.1 Å². The van der Waals surface area contributed by atoms with Crippen LogP contribution >= 0.6 is 0 Å². The molecule has 0 aromatic heterocycles. The van der Waals surface area contributed by atoms with Crippen molar-refractivity contribution in [2.24, 2.45) is 0 Å². The summed E-state index contributed by atoms with van der Waals surface area (Å²) in [6.45, 7) is 6.59. The van der Waals surface area contributed by atoms with Crippen molar-refractivity contribution in [3.05, 3.63) is 24.3 Å². The minimum atomic E-state index is 0.763. The summed E-state index contributed by atoms with van der Waals surface area (Å²) >= 11 is 0. The molecule has 19 heavy (non-hydrogen) atoms. The summed E-state index contributed by atoms with van der Waals surface area (Å²) in [7, 11) is 3.86. The Labute approximate surface area is 115 Å². The van der Waals surface area contributed by atoms with Crippen molar-refractivity contribution in [1.82, 2.24) is 9.80 Å². The van der Waals surface area contributed by atoms with Gasteiger partial charge >= 0.3 is 0 Å². The van der Waals surface area contributed by atoms with Crippen LogP contribution in [0.15, 0.2) is 24.3 Å². The molecule has 0 N–H and O–H groups in total. The van der Waals surface area contributed by atoms with Gasteiger partial charge in [-0.15, -0.1) is 0 Å². The number of hydrogen-bond donors (Lipinski definition) is 0. The average molecular weight is 264 g/mol. The van der Waals surface area contributed by atoms with Crippen molar-refractivity contribution in [3.63, 3.8) is 0 Å². The lowest BCUT2D eigenvalue weighted by molar-refractivity contribution is 0.145. The van der Waals surface area contributed by atoms with Gasteiger partial charge in [0, 0.05) is 38.8 Å². The fourth-order valence-corrected chi connectivity index (χ4v) is 2.24. The highest BCUT2D eigenvalue weighted by Gasteiger charge is 2.12. The first-order valence-corrected chi connectivity index (χ1v) is 6.95. The number of ether oxygens (including phenoxy) is 2. The van der Waals surface area contributed by atoms with Crippen molar-refractivity contribution < 1.29 is 9.47 Å². The molecule has 1 aliphatic heterocycles. The van der Waals surface area contributed by atoms with Crippen LogP contribution in [0.2, 0.25) is 0 Å². The number of rotatable bonds is 6. The number of methoxy groups -OCH3 is 1. The molecule has 0 spiro atoms. The molecule has 0 saturated carbocycles. The summed E-state index contributed by atoms with van der Waals surface area (Å²) in [6, 6.07) is 7.78. The summed E-state index contributed by atoms with van der Waals surface area (Å²) in [5.41, 5.74) is 0. The maximum Gasteiger partial charge on any atom is 0.122 e. The summed E-state index contributed by atoms with van der Waals surface area (Å²) in [4.78, 5) is 4.89. The van der Waals surface area contributed by atoms with Crippen molar-refractivity contribution in [2.45, 2.75) is 6.42 Å². The first-order valence-electron chi connectivity index (χ1n) is 6.95. The molecular weight excluding hydrogens is 240 g/mol. The molecule has 0 aliphatic carbocycles. The predicted molar refractivity (Wildman–Crippen MR) is 77.0 cm³/mol. The second-order valence-corrected chi connectivity index (χ2v) is 5.03. The van der Waals surface area contributed by atoms with E-state index in [1.54, 1.807) is 7.11 Å². The van der Waals surface area contributed by atoms with Gasteiger partial charge in [-0.3, -0.25) is 0 Å². The fourth-order valence-electron chi connectivity index (χ4n) is 2.24. The van der Waals surface area contributed by atoms with Gasteiger partial charge in [0.15, 0.2) is 0 Å². The zero-order valence-electron chi connectivity index (χ0n) is 12.0. The standard InChI is InChI=1S/C15H24N2O2/c1-16-8-10-17(11-9-16)7-4-12-19-15-6-3-5-14(13-15)18-2/h3,5-6,13H,4,7-12H2,1-2H3. The van der Waals surface area contributed by atoms with Gasteiger partial charge in [0.1, 0.15) is 11.5 Å². The van der Waals surface area contributed by atoms with E-state index in [1.807, 2.05) is 24.3 Å². The van der Waals surface area contributed by atoms with Gasteiger partial charge in [-0.05, 0) is 25.6 Å². The molecule has 1 aromatic rings. The molecule has 0 bridgehead atoms. The Morgan fingerprint density at radius 1 is 1.11 bits per heavy atom. The predicted octanol–water partition coefficient (Wildman–Crippen LogP) is 1.71. The lowest BCUT2D eigenvalue weighted by atomic mass is 10.3. The Hall–Kier alpha value is -1.26. The molecule has 1 fully saturated rings. The number of benzene rings is 1. The molecule has 106 valence electrons. The molecule has 0 unspecified atom stereocenters. The zero-order valence-corrected chi connectivity index (χ0v) is 12.0. The number of likely N-dealkylation sites (N-methyl/N-ethyl adjacent to an activating group) is 1. The van der Waals surface area contributed by atoms with Gasteiger partial charge < -0.3 is 19.3 Å². The van der Waals surface area contributed by atoms with Gasteiger partial charge in [-0.2, -0.15) is 0 Å². The number of piperazine rings is 1. The lowest BCUT2D eigenvalue weighted by Gasteiger charge is -2.32. The van der Waals surface area contributed by atoms with E-state index in [4.69, 9.17) is 9.47 Å². The topological polar surface area (TPSA) is 24.9 Å².